The fraction of sp³-hybridized carbons (Fsp3) is 0.333. The molecule has 1 fully saturated rings. The van der Waals surface area contributed by atoms with Crippen molar-refractivity contribution in [1.29, 1.82) is 0 Å². The van der Waals surface area contributed by atoms with Crippen LogP contribution in [0, 0.1) is 5.82 Å². The lowest BCUT2D eigenvalue weighted by Crippen LogP contribution is -2.51. The van der Waals surface area contributed by atoms with Crippen LogP contribution in [0.4, 0.5) is 4.39 Å². The first-order chi connectivity index (χ1) is 17.4. The number of nitrogens with zero attached hydrogens (tertiary/aromatic N) is 3. The van der Waals surface area contributed by atoms with E-state index in [1.54, 1.807) is 46.6 Å². The normalized spacial score (nSPS) is 18.2. The topological polar surface area (TPSA) is 43.9 Å². The average Bonchev–Trinajstić information content (AvgIpc) is 3.35. The maximum absolute atomic E-state index is 14.0. The smallest absolute Gasteiger partial charge is 0.255 e. The highest BCUT2D eigenvalue weighted by Gasteiger charge is 2.31. The molecule has 3 aromatic rings. The second kappa shape index (κ2) is 10.9. The van der Waals surface area contributed by atoms with Gasteiger partial charge in [-0.1, -0.05) is 35.3 Å². The lowest BCUT2D eigenvalue weighted by Gasteiger charge is -2.38. The second-order valence-electron chi connectivity index (χ2n) is 9.09. The molecule has 2 aliphatic heterocycles. The molecule has 36 heavy (non-hydrogen) atoms. The van der Waals surface area contributed by atoms with E-state index in [1.165, 1.54) is 16.5 Å². The van der Waals surface area contributed by atoms with Crippen molar-refractivity contribution in [3.05, 3.63) is 91.3 Å². The molecule has 0 N–H and O–H groups in total. The number of hydrogen-bond donors (Lipinski definition) is 0. The third kappa shape index (κ3) is 5.30. The minimum Gasteiger partial charge on any atom is -0.339 e. The summed E-state index contributed by atoms with van der Waals surface area (Å²) in [6.07, 6.45) is 1.31. The molecule has 0 aliphatic carbocycles. The van der Waals surface area contributed by atoms with E-state index in [2.05, 4.69) is 16.3 Å². The van der Waals surface area contributed by atoms with Gasteiger partial charge in [-0.05, 0) is 59.3 Å². The molecular weight excluding hydrogens is 520 g/mol. The van der Waals surface area contributed by atoms with Crippen LogP contribution in [-0.2, 0) is 11.2 Å². The summed E-state index contributed by atoms with van der Waals surface area (Å²) in [5, 5.41) is 2.90. The van der Waals surface area contributed by atoms with E-state index in [9.17, 15) is 14.0 Å². The van der Waals surface area contributed by atoms with Crippen LogP contribution in [0.25, 0.3) is 0 Å². The van der Waals surface area contributed by atoms with Crippen LogP contribution >= 0.6 is 34.5 Å². The van der Waals surface area contributed by atoms with Crippen molar-refractivity contribution < 1.29 is 14.0 Å². The van der Waals surface area contributed by atoms with Crippen molar-refractivity contribution in [2.75, 3.05) is 39.3 Å². The first kappa shape index (κ1) is 25.2. The monoisotopic (exact) mass is 545 g/mol. The van der Waals surface area contributed by atoms with Crippen LogP contribution in [-0.4, -0.2) is 65.8 Å². The molecule has 2 aromatic carbocycles. The highest BCUT2D eigenvalue weighted by Crippen LogP contribution is 2.38. The fourth-order valence-electron chi connectivity index (χ4n) is 5.07. The van der Waals surface area contributed by atoms with E-state index in [-0.39, 0.29) is 23.7 Å². The standard InChI is InChI=1S/C27H26Cl2FN3O2S/c28-19-4-5-21(23(29)17-19)27(35)33-13-11-31(12-14-33)25(34)7-10-32-9-6-24-22(8-15-36-24)26(32)18-2-1-3-20(30)16-18/h1-5,8,15-17,26H,6-7,9-14H2. The molecule has 1 aromatic heterocycles. The summed E-state index contributed by atoms with van der Waals surface area (Å²) in [7, 11) is 0. The largest absolute Gasteiger partial charge is 0.339 e. The molecule has 5 nitrogen and oxygen atoms in total. The van der Waals surface area contributed by atoms with Gasteiger partial charge >= 0.3 is 0 Å². The summed E-state index contributed by atoms with van der Waals surface area (Å²) >= 11 is 13.9. The SMILES string of the molecule is O=C(CCN1CCc2sccc2C1c1cccc(F)c1)N1CCN(C(=O)c2ccc(Cl)cc2Cl)CC1. The summed E-state index contributed by atoms with van der Waals surface area (Å²) < 4.78 is 14.0. The van der Waals surface area contributed by atoms with Crippen molar-refractivity contribution >= 4 is 46.4 Å². The van der Waals surface area contributed by atoms with Gasteiger partial charge in [0.15, 0.2) is 0 Å². The van der Waals surface area contributed by atoms with Gasteiger partial charge in [-0.15, -0.1) is 11.3 Å². The Morgan fingerprint density at radius 3 is 2.50 bits per heavy atom. The van der Waals surface area contributed by atoms with Crippen LogP contribution < -0.4 is 0 Å². The summed E-state index contributed by atoms with van der Waals surface area (Å²) in [5.41, 5.74) is 2.54. The van der Waals surface area contributed by atoms with Crippen LogP contribution in [0.15, 0.2) is 53.9 Å². The molecule has 0 bridgehead atoms. The van der Waals surface area contributed by atoms with Gasteiger partial charge in [0.25, 0.3) is 5.91 Å². The molecule has 9 heteroatoms. The molecule has 0 saturated carbocycles. The van der Waals surface area contributed by atoms with E-state index < -0.39 is 0 Å². The maximum Gasteiger partial charge on any atom is 0.255 e. The summed E-state index contributed by atoms with van der Waals surface area (Å²) in [6.45, 7) is 3.30. The van der Waals surface area contributed by atoms with E-state index in [4.69, 9.17) is 23.2 Å². The molecule has 5 rings (SSSR count). The van der Waals surface area contributed by atoms with Gasteiger partial charge in [0.05, 0.1) is 16.6 Å². The molecule has 188 valence electrons. The number of halogens is 3. The first-order valence-corrected chi connectivity index (χ1v) is 13.6. The molecule has 1 unspecified atom stereocenters. The van der Waals surface area contributed by atoms with Gasteiger partial charge in [0.2, 0.25) is 5.91 Å². The Morgan fingerprint density at radius 1 is 0.972 bits per heavy atom. The van der Waals surface area contributed by atoms with Gasteiger partial charge in [0, 0.05) is 55.6 Å². The molecule has 3 heterocycles. The molecule has 0 spiro atoms. The minimum atomic E-state index is -0.252. The highest BCUT2D eigenvalue weighted by molar-refractivity contribution is 7.10. The quantitative estimate of drug-likeness (QED) is 0.424. The van der Waals surface area contributed by atoms with Crippen LogP contribution in [0.1, 0.15) is 38.8 Å². The van der Waals surface area contributed by atoms with Crippen molar-refractivity contribution in [1.82, 2.24) is 14.7 Å². The Bertz CT molecular complexity index is 1280. The summed E-state index contributed by atoms with van der Waals surface area (Å²) in [4.78, 5) is 33.1. The van der Waals surface area contributed by atoms with E-state index in [0.717, 1.165) is 18.5 Å². The third-order valence-corrected chi connectivity index (χ3v) is 8.47. The molecule has 0 radical (unpaired) electrons. The number of carbonyl (C=O) groups is 2. The van der Waals surface area contributed by atoms with Crippen molar-refractivity contribution in [2.24, 2.45) is 0 Å². The number of hydrogen-bond acceptors (Lipinski definition) is 4. The van der Waals surface area contributed by atoms with E-state index >= 15 is 0 Å². The summed E-state index contributed by atoms with van der Waals surface area (Å²) in [6, 6.07) is 13.7. The van der Waals surface area contributed by atoms with Gasteiger partial charge in [-0.3, -0.25) is 14.5 Å². The number of benzene rings is 2. The zero-order valence-corrected chi connectivity index (χ0v) is 22.0. The molecular formula is C27H26Cl2FN3O2S. The highest BCUT2D eigenvalue weighted by atomic mass is 35.5. The minimum absolute atomic E-state index is 0.0536. The van der Waals surface area contributed by atoms with Gasteiger partial charge in [0.1, 0.15) is 5.82 Å². The van der Waals surface area contributed by atoms with Crippen molar-refractivity contribution in [3.63, 3.8) is 0 Å². The number of piperazine rings is 1. The Kier molecular flexibility index (Phi) is 7.62. The van der Waals surface area contributed by atoms with Gasteiger partial charge in [-0.25, -0.2) is 4.39 Å². The van der Waals surface area contributed by atoms with Crippen molar-refractivity contribution in [3.8, 4) is 0 Å². The van der Waals surface area contributed by atoms with E-state index in [1.807, 2.05) is 11.0 Å². The molecule has 1 saturated heterocycles. The van der Waals surface area contributed by atoms with Crippen LogP contribution in [0.3, 0.4) is 0 Å². The van der Waals surface area contributed by atoms with Crippen LogP contribution in [0.2, 0.25) is 10.0 Å². The Morgan fingerprint density at radius 2 is 1.75 bits per heavy atom. The average molecular weight is 546 g/mol. The lowest BCUT2D eigenvalue weighted by molar-refractivity contribution is -0.133. The number of carbonyl (C=O) groups excluding carboxylic acids is 2. The Hall–Kier alpha value is -2.45. The number of rotatable bonds is 5. The number of thiophene rings is 1. The Labute approximate surface area is 224 Å². The summed E-state index contributed by atoms with van der Waals surface area (Å²) in [5.74, 6) is -0.333. The predicted molar refractivity (Wildman–Crippen MR) is 141 cm³/mol. The molecule has 1 atom stereocenters. The fourth-order valence-corrected chi connectivity index (χ4v) is 6.46. The molecule has 2 amide bonds. The lowest BCUT2D eigenvalue weighted by atomic mass is 9.93. The van der Waals surface area contributed by atoms with E-state index in [0.29, 0.717) is 54.8 Å². The van der Waals surface area contributed by atoms with Crippen LogP contribution in [0.5, 0.6) is 0 Å². The second-order valence-corrected chi connectivity index (χ2v) is 10.9. The number of amides is 2. The zero-order chi connectivity index (χ0) is 25.2. The van der Waals surface area contributed by atoms with Gasteiger partial charge in [-0.2, -0.15) is 0 Å². The molecule has 2 aliphatic rings. The third-order valence-electron chi connectivity index (χ3n) is 6.92. The van der Waals surface area contributed by atoms with Crippen molar-refractivity contribution in [2.45, 2.75) is 18.9 Å². The zero-order valence-electron chi connectivity index (χ0n) is 19.6. The first-order valence-electron chi connectivity index (χ1n) is 12.0. The maximum atomic E-state index is 14.0. The van der Waals surface area contributed by atoms with Gasteiger partial charge < -0.3 is 9.80 Å². The predicted octanol–water partition coefficient (Wildman–Crippen LogP) is 5.52. The Balaban J connectivity index is 1.20. The number of fused-ring (bicyclic) bond motifs is 1.